The molecule has 0 aromatic carbocycles. The van der Waals surface area contributed by atoms with Crippen molar-refractivity contribution in [3.8, 4) is 0 Å². The van der Waals surface area contributed by atoms with Crippen LogP contribution in [0.4, 0.5) is 0 Å². The number of nitrogens with two attached hydrogens (primary N) is 3. The first kappa shape index (κ1) is 52.5. The molecule has 0 spiro atoms. The highest BCUT2D eigenvalue weighted by Crippen LogP contribution is 2.15. The minimum Gasteiger partial charge on any atom is -0.368 e. The molecule has 0 heterocycles. The highest BCUT2D eigenvalue weighted by atomic mass is 16.2. The third-order valence-corrected chi connectivity index (χ3v) is 10.6. The molecule has 11 heteroatoms. The Bertz CT molecular complexity index is 980. The first-order chi connectivity index (χ1) is 26.7. The second kappa shape index (κ2) is 38.3. The second-order valence-electron chi connectivity index (χ2n) is 15.8. The van der Waals surface area contributed by atoms with Crippen LogP contribution in [0.15, 0.2) is 0 Å². The van der Waals surface area contributed by atoms with E-state index in [9.17, 15) is 24.0 Å². The third-order valence-electron chi connectivity index (χ3n) is 10.6. The molecule has 322 valence electrons. The Morgan fingerprint density at radius 1 is 0.400 bits per heavy atom. The van der Waals surface area contributed by atoms with Gasteiger partial charge >= 0.3 is 0 Å². The minimum absolute atomic E-state index is 0.0578. The number of amides is 4. The van der Waals surface area contributed by atoms with Crippen molar-refractivity contribution in [1.82, 2.24) is 16.0 Å². The molecule has 0 saturated heterocycles. The summed E-state index contributed by atoms with van der Waals surface area (Å²) in [5.41, 5.74) is 16.9. The predicted molar refractivity (Wildman–Crippen MR) is 227 cm³/mol. The van der Waals surface area contributed by atoms with Crippen LogP contribution in [0.1, 0.15) is 219 Å². The van der Waals surface area contributed by atoms with E-state index in [4.69, 9.17) is 17.2 Å². The Labute approximate surface area is 336 Å². The molecule has 0 aliphatic carbocycles. The zero-order valence-corrected chi connectivity index (χ0v) is 35.5. The van der Waals surface area contributed by atoms with Crippen molar-refractivity contribution in [3.05, 3.63) is 0 Å². The molecular weight excluding hydrogens is 693 g/mol. The molecule has 0 radical (unpaired) electrons. The topological polar surface area (TPSA) is 200 Å². The van der Waals surface area contributed by atoms with Crippen LogP contribution in [0.3, 0.4) is 0 Å². The zero-order chi connectivity index (χ0) is 40.8. The Kier molecular flexibility index (Phi) is 36.6. The van der Waals surface area contributed by atoms with E-state index >= 15 is 0 Å². The molecule has 0 aromatic rings. The van der Waals surface area contributed by atoms with E-state index in [2.05, 4.69) is 29.8 Å². The normalized spacial score (nSPS) is 12.9. The maximum absolute atomic E-state index is 13.5. The molecule has 4 amide bonds. The van der Waals surface area contributed by atoms with Gasteiger partial charge < -0.3 is 33.2 Å². The number of carbonyl (C=O) groups is 5. The average molecular weight is 779 g/mol. The maximum atomic E-state index is 13.5. The van der Waals surface area contributed by atoms with E-state index in [0.717, 1.165) is 128 Å². The molecule has 0 aromatic heterocycles. The van der Waals surface area contributed by atoms with Crippen LogP contribution in [0, 0.1) is 0 Å². The van der Waals surface area contributed by atoms with Crippen LogP contribution in [0.2, 0.25) is 0 Å². The zero-order valence-electron chi connectivity index (χ0n) is 35.5. The molecular formula is C44H86N6O5. The SMILES string of the molecule is CCCCCCCCCCCC(=O)NC(CCCCN)C(=O)NC(CCCCN)C(=O)CCCCCCCCCCCCC(=O)NC(CCCCC)C(N)=O. The molecule has 11 nitrogen and oxygen atoms in total. The predicted octanol–water partition coefficient (Wildman–Crippen LogP) is 7.94. The number of rotatable bonds is 41. The lowest BCUT2D eigenvalue weighted by atomic mass is 9.98. The van der Waals surface area contributed by atoms with Crippen molar-refractivity contribution >= 4 is 29.4 Å². The number of primary amides is 1. The van der Waals surface area contributed by atoms with Gasteiger partial charge in [-0.1, -0.05) is 136 Å². The highest BCUT2D eigenvalue weighted by molar-refractivity contribution is 5.92. The quantitative estimate of drug-likeness (QED) is 0.0338. The number of unbranched alkanes of at least 4 members (excludes halogenated alkanes) is 21. The lowest BCUT2D eigenvalue weighted by molar-refractivity contribution is -0.132. The van der Waals surface area contributed by atoms with Crippen LogP contribution in [0.5, 0.6) is 0 Å². The van der Waals surface area contributed by atoms with Gasteiger partial charge in [0.25, 0.3) is 0 Å². The van der Waals surface area contributed by atoms with Gasteiger partial charge in [0.2, 0.25) is 23.6 Å². The van der Waals surface area contributed by atoms with Crippen LogP contribution < -0.4 is 33.2 Å². The van der Waals surface area contributed by atoms with Crippen molar-refractivity contribution in [3.63, 3.8) is 0 Å². The molecule has 0 saturated carbocycles. The number of hydrogen-bond donors (Lipinski definition) is 6. The van der Waals surface area contributed by atoms with Gasteiger partial charge in [0, 0.05) is 19.3 Å². The standard InChI is InChI=1S/C44H86N6O5/c1-3-5-7-8-9-12-16-20-24-34-42(53)49-39(31-26-28-36-46)44(55)50-37(29-25-27-35-45)40(51)32-22-18-15-13-10-11-14-17-19-23-33-41(52)48-38(43(47)54)30-21-6-4-2/h37-39H,3-36,45-46H2,1-2H3,(H2,47,54)(H,48,52)(H,49,53)(H,50,55). The van der Waals surface area contributed by atoms with Gasteiger partial charge in [0.1, 0.15) is 12.1 Å². The fourth-order valence-corrected chi connectivity index (χ4v) is 7.03. The van der Waals surface area contributed by atoms with Gasteiger partial charge in [-0.25, -0.2) is 0 Å². The van der Waals surface area contributed by atoms with E-state index in [1.807, 2.05) is 0 Å². The smallest absolute Gasteiger partial charge is 0.243 e. The van der Waals surface area contributed by atoms with Gasteiger partial charge in [0.15, 0.2) is 5.78 Å². The van der Waals surface area contributed by atoms with Crippen molar-refractivity contribution in [2.24, 2.45) is 17.2 Å². The summed E-state index contributed by atoms with van der Waals surface area (Å²) in [5.74, 6) is -0.865. The summed E-state index contributed by atoms with van der Waals surface area (Å²) in [6.45, 7) is 5.40. The van der Waals surface area contributed by atoms with Crippen LogP contribution in [0.25, 0.3) is 0 Å². The molecule has 9 N–H and O–H groups in total. The number of nitrogens with one attached hydrogen (secondary N) is 3. The van der Waals surface area contributed by atoms with Crippen molar-refractivity contribution in [1.29, 1.82) is 0 Å². The van der Waals surface area contributed by atoms with E-state index in [1.54, 1.807) is 0 Å². The first-order valence-electron chi connectivity index (χ1n) is 22.8. The van der Waals surface area contributed by atoms with E-state index < -0.39 is 24.0 Å². The van der Waals surface area contributed by atoms with E-state index in [1.165, 1.54) is 38.5 Å². The van der Waals surface area contributed by atoms with Crippen molar-refractivity contribution < 1.29 is 24.0 Å². The number of hydrogen-bond acceptors (Lipinski definition) is 7. The molecule has 0 rings (SSSR count). The average Bonchev–Trinajstić information content (AvgIpc) is 3.16. The number of carbonyl (C=O) groups excluding carboxylic acids is 5. The van der Waals surface area contributed by atoms with Gasteiger partial charge in [-0.15, -0.1) is 0 Å². The Hall–Kier alpha value is -2.53. The van der Waals surface area contributed by atoms with Crippen molar-refractivity contribution in [2.45, 2.75) is 237 Å². The Balaban J connectivity index is 4.48. The van der Waals surface area contributed by atoms with Crippen LogP contribution >= 0.6 is 0 Å². The minimum atomic E-state index is -0.664. The second-order valence-corrected chi connectivity index (χ2v) is 15.8. The first-order valence-corrected chi connectivity index (χ1v) is 22.8. The molecule has 0 bridgehead atoms. The molecule has 3 atom stereocenters. The molecule has 55 heavy (non-hydrogen) atoms. The summed E-state index contributed by atoms with van der Waals surface area (Å²) >= 11 is 0. The number of Topliss-reactive ketones (excluding diaryl/α,β-unsaturated/α-hetero) is 1. The van der Waals surface area contributed by atoms with Gasteiger partial charge in [-0.2, -0.15) is 0 Å². The van der Waals surface area contributed by atoms with Crippen molar-refractivity contribution in [2.75, 3.05) is 13.1 Å². The summed E-state index contributed by atoms with van der Waals surface area (Å²) in [7, 11) is 0. The van der Waals surface area contributed by atoms with Crippen LogP contribution in [-0.2, 0) is 24.0 Å². The number of ketones is 1. The lowest BCUT2D eigenvalue weighted by Crippen LogP contribution is -2.51. The summed E-state index contributed by atoms with van der Waals surface area (Å²) in [6, 6.07) is -1.79. The van der Waals surface area contributed by atoms with Gasteiger partial charge in [-0.05, 0) is 77.3 Å². The fraction of sp³-hybridized carbons (Fsp3) is 0.886. The Morgan fingerprint density at radius 2 is 0.745 bits per heavy atom. The lowest BCUT2D eigenvalue weighted by Gasteiger charge is -2.23. The largest absolute Gasteiger partial charge is 0.368 e. The molecule has 3 unspecified atom stereocenters. The highest BCUT2D eigenvalue weighted by Gasteiger charge is 2.26. The third kappa shape index (κ3) is 32.3. The van der Waals surface area contributed by atoms with Crippen LogP contribution in [-0.4, -0.2) is 60.6 Å². The summed E-state index contributed by atoms with van der Waals surface area (Å²) < 4.78 is 0. The summed E-state index contributed by atoms with van der Waals surface area (Å²) in [5, 5.41) is 8.79. The maximum Gasteiger partial charge on any atom is 0.243 e. The fourth-order valence-electron chi connectivity index (χ4n) is 7.03. The van der Waals surface area contributed by atoms with E-state index in [-0.39, 0.29) is 23.5 Å². The molecule has 0 aliphatic rings. The molecule has 0 aliphatic heterocycles. The monoisotopic (exact) mass is 779 g/mol. The summed E-state index contributed by atoms with van der Waals surface area (Å²) in [4.78, 5) is 63.5. The molecule has 0 fully saturated rings. The summed E-state index contributed by atoms with van der Waals surface area (Å²) in [6.07, 6.45) is 29.9. The Morgan fingerprint density at radius 3 is 1.18 bits per heavy atom. The van der Waals surface area contributed by atoms with Gasteiger partial charge in [0.05, 0.1) is 6.04 Å². The van der Waals surface area contributed by atoms with Gasteiger partial charge in [-0.3, -0.25) is 24.0 Å². The van der Waals surface area contributed by atoms with E-state index in [0.29, 0.717) is 51.6 Å².